The predicted molar refractivity (Wildman–Crippen MR) is 101 cm³/mol. The highest BCUT2D eigenvalue weighted by atomic mass is 35.5. The highest BCUT2D eigenvalue weighted by Gasteiger charge is 2.26. The van der Waals surface area contributed by atoms with Gasteiger partial charge in [-0.1, -0.05) is 30.9 Å². The number of carboxylic acid groups (broad SMARTS) is 1. The van der Waals surface area contributed by atoms with Gasteiger partial charge in [-0.15, -0.1) is 0 Å². The van der Waals surface area contributed by atoms with Gasteiger partial charge < -0.3 is 15.3 Å². The maximum atomic E-state index is 13.2. The maximum Gasteiger partial charge on any atom is 0.364 e. The molecule has 0 radical (unpaired) electrons. The molecule has 0 bridgehead atoms. The first kappa shape index (κ1) is 19.1. The SMILES string of the molecule is O=C(O)/C(F)=C/c1cnc(N[C@@H]2CCN(CC3CCCCC3)C2)c(Cl)c1. The zero-order valence-electron chi connectivity index (χ0n) is 14.8. The average Bonchev–Trinajstić information content (AvgIpc) is 3.05. The van der Waals surface area contributed by atoms with Crippen molar-refractivity contribution in [3.63, 3.8) is 0 Å². The van der Waals surface area contributed by atoms with Crippen molar-refractivity contribution in [3.05, 3.63) is 28.7 Å². The summed E-state index contributed by atoms with van der Waals surface area (Å²) in [6.07, 6.45) is 10.2. The largest absolute Gasteiger partial charge is 0.476 e. The highest BCUT2D eigenvalue weighted by molar-refractivity contribution is 6.33. The van der Waals surface area contributed by atoms with Gasteiger partial charge in [-0.05, 0) is 42.9 Å². The zero-order valence-corrected chi connectivity index (χ0v) is 15.5. The van der Waals surface area contributed by atoms with Crippen LogP contribution in [0.3, 0.4) is 0 Å². The van der Waals surface area contributed by atoms with Gasteiger partial charge in [-0.25, -0.2) is 9.78 Å². The number of carbonyl (C=O) groups is 1. The molecule has 1 aromatic rings. The molecule has 1 saturated carbocycles. The molecular weight excluding hydrogens is 357 g/mol. The van der Waals surface area contributed by atoms with Crippen molar-refractivity contribution in [3.8, 4) is 0 Å². The molecule has 1 aromatic heterocycles. The maximum absolute atomic E-state index is 13.2. The van der Waals surface area contributed by atoms with Crippen LogP contribution >= 0.6 is 11.6 Å². The number of carboxylic acids is 1. The van der Waals surface area contributed by atoms with Crippen LogP contribution in [0.25, 0.3) is 6.08 Å². The second kappa shape index (κ2) is 8.82. The van der Waals surface area contributed by atoms with Crippen LogP contribution in [0.5, 0.6) is 0 Å². The molecule has 0 unspecified atom stereocenters. The monoisotopic (exact) mass is 381 g/mol. The summed E-state index contributed by atoms with van der Waals surface area (Å²) in [6, 6.07) is 1.81. The highest BCUT2D eigenvalue weighted by Crippen LogP contribution is 2.27. The molecule has 0 aromatic carbocycles. The van der Waals surface area contributed by atoms with Crippen molar-refractivity contribution in [2.75, 3.05) is 25.0 Å². The molecule has 1 saturated heterocycles. The van der Waals surface area contributed by atoms with Gasteiger partial charge in [-0.2, -0.15) is 4.39 Å². The van der Waals surface area contributed by atoms with Gasteiger partial charge in [0.2, 0.25) is 5.83 Å². The van der Waals surface area contributed by atoms with E-state index in [2.05, 4.69) is 15.2 Å². The van der Waals surface area contributed by atoms with Crippen LogP contribution in [-0.4, -0.2) is 46.6 Å². The molecule has 142 valence electrons. The van der Waals surface area contributed by atoms with Crippen molar-refractivity contribution in [1.29, 1.82) is 0 Å². The summed E-state index contributed by atoms with van der Waals surface area (Å²) < 4.78 is 13.2. The number of aromatic nitrogens is 1. The quantitative estimate of drug-likeness (QED) is 0.723. The van der Waals surface area contributed by atoms with Gasteiger partial charge in [0.05, 0.1) is 5.02 Å². The van der Waals surface area contributed by atoms with Crippen LogP contribution in [0.15, 0.2) is 18.1 Å². The number of anilines is 1. The Labute approximate surface area is 158 Å². The molecular formula is C19H25ClFN3O2. The van der Waals surface area contributed by atoms with Gasteiger partial charge in [0.25, 0.3) is 0 Å². The fourth-order valence-electron chi connectivity index (χ4n) is 3.89. The van der Waals surface area contributed by atoms with E-state index in [1.165, 1.54) is 50.9 Å². The first-order valence-corrected chi connectivity index (χ1v) is 9.64. The third-order valence-corrected chi connectivity index (χ3v) is 5.50. The lowest BCUT2D eigenvalue weighted by Gasteiger charge is -2.26. The fourth-order valence-corrected chi connectivity index (χ4v) is 4.12. The summed E-state index contributed by atoms with van der Waals surface area (Å²) in [5.41, 5.74) is 0.325. The van der Waals surface area contributed by atoms with Crippen molar-refractivity contribution in [2.45, 2.75) is 44.6 Å². The first-order chi connectivity index (χ1) is 12.5. The Morgan fingerprint density at radius 3 is 2.85 bits per heavy atom. The van der Waals surface area contributed by atoms with Crippen LogP contribution in [-0.2, 0) is 4.79 Å². The number of nitrogens with zero attached hydrogens (tertiary/aromatic N) is 2. The summed E-state index contributed by atoms with van der Waals surface area (Å²) in [4.78, 5) is 17.3. The predicted octanol–water partition coefficient (Wildman–Crippen LogP) is 4.20. The molecule has 2 heterocycles. The molecule has 5 nitrogen and oxygen atoms in total. The number of hydrogen-bond donors (Lipinski definition) is 2. The lowest BCUT2D eigenvalue weighted by Crippen LogP contribution is -2.31. The molecule has 0 amide bonds. The molecule has 1 atom stereocenters. The number of halogens is 2. The standard InChI is InChI=1S/C19H25ClFN3O2/c20-16-8-14(9-17(21)19(25)26)10-22-18(16)23-15-6-7-24(12-15)11-13-4-2-1-3-5-13/h8-10,13,15H,1-7,11-12H2,(H,22,23)(H,25,26)/b17-9-/t15-/m1/s1. The normalized spacial score (nSPS) is 22.5. The second-order valence-electron chi connectivity index (χ2n) is 7.29. The molecule has 0 spiro atoms. The molecule has 26 heavy (non-hydrogen) atoms. The second-order valence-corrected chi connectivity index (χ2v) is 7.70. The topological polar surface area (TPSA) is 65.5 Å². The summed E-state index contributed by atoms with van der Waals surface area (Å²) in [6.45, 7) is 3.23. The Kier molecular flexibility index (Phi) is 6.48. The Morgan fingerprint density at radius 1 is 1.38 bits per heavy atom. The van der Waals surface area contributed by atoms with E-state index in [-0.39, 0.29) is 0 Å². The Bertz CT molecular complexity index is 677. The Hall–Kier alpha value is -1.66. The third-order valence-electron chi connectivity index (χ3n) is 5.21. The van der Waals surface area contributed by atoms with Gasteiger partial charge >= 0.3 is 5.97 Å². The van der Waals surface area contributed by atoms with Crippen LogP contribution in [0.1, 0.15) is 44.1 Å². The molecule has 7 heteroatoms. The zero-order chi connectivity index (χ0) is 18.5. The van der Waals surface area contributed by atoms with E-state index in [1.807, 2.05) is 0 Å². The van der Waals surface area contributed by atoms with E-state index in [0.717, 1.165) is 31.5 Å². The molecule has 2 N–H and O–H groups in total. The summed E-state index contributed by atoms with van der Waals surface area (Å²) in [7, 11) is 0. The van der Waals surface area contributed by atoms with Crippen molar-refractivity contribution >= 4 is 29.5 Å². The smallest absolute Gasteiger partial charge is 0.364 e. The van der Waals surface area contributed by atoms with Gasteiger partial charge in [0.1, 0.15) is 5.82 Å². The minimum absolute atomic E-state index is 0.292. The summed E-state index contributed by atoms with van der Waals surface area (Å²) in [5.74, 6) is -1.45. The van der Waals surface area contributed by atoms with E-state index in [1.54, 1.807) is 0 Å². The Morgan fingerprint density at radius 2 is 2.15 bits per heavy atom. The minimum Gasteiger partial charge on any atom is -0.476 e. The van der Waals surface area contributed by atoms with Gasteiger partial charge in [-0.3, -0.25) is 0 Å². The molecule has 1 aliphatic heterocycles. The lowest BCUT2D eigenvalue weighted by molar-refractivity contribution is -0.134. The van der Waals surface area contributed by atoms with Crippen LogP contribution < -0.4 is 5.32 Å². The van der Waals surface area contributed by atoms with E-state index in [9.17, 15) is 9.18 Å². The van der Waals surface area contributed by atoms with E-state index < -0.39 is 11.8 Å². The first-order valence-electron chi connectivity index (χ1n) is 9.26. The Balaban J connectivity index is 1.54. The number of aliphatic carboxylic acids is 1. The van der Waals surface area contributed by atoms with Crippen LogP contribution in [0, 0.1) is 5.92 Å². The van der Waals surface area contributed by atoms with Crippen LogP contribution in [0.2, 0.25) is 5.02 Å². The lowest BCUT2D eigenvalue weighted by atomic mass is 9.89. The number of nitrogens with one attached hydrogen (secondary N) is 1. The number of rotatable bonds is 6. The fraction of sp³-hybridized carbons (Fsp3) is 0.579. The van der Waals surface area contributed by atoms with Crippen molar-refractivity contribution in [2.24, 2.45) is 5.92 Å². The van der Waals surface area contributed by atoms with E-state index in [4.69, 9.17) is 16.7 Å². The van der Waals surface area contributed by atoms with E-state index >= 15 is 0 Å². The summed E-state index contributed by atoms with van der Waals surface area (Å²) in [5, 5.41) is 12.3. The van der Waals surface area contributed by atoms with Crippen LogP contribution in [0.4, 0.5) is 10.2 Å². The van der Waals surface area contributed by atoms with Crippen molar-refractivity contribution < 1.29 is 14.3 Å². The molecule has 2 aliphatic rings. The van der Waals surface area contributed by atoms with E-state index in [0.29, 0.717) is 22.4 Å². The van der Waals surface area contributed by atoms with Gasteiger partial charge in [0, 0.05) is 31.9 Å². The molecule has 1 aliphatic carbocycles. The minimum atomic E-state index is -1.60. The number of hydrogen-bond acceptors (Lipinski definition) is 4. The molecule has 2 fully saturated rings. The third kappa shape index (κ3) is 5.17. The average molecular weight is 382 g/mol. The number of pyridine rings is 1. The van der Waals surface area contributed by atoms with Gasteiger partial charge in [0.15, 0.2) is 0 Å². The number of likely N-dealkylation sites (tertiary alicyclic amines) is 1. The van der Waals surface area contributed by atoms with Crippen molar-refractivity contribution in [1.82, 2.24) is 9.88 Å². The summed E-state index contributed by atoms with van der Waals surface area (Å²) >= 11 is 6.23. The molecule has 3 rings (SSSR count).